The van der Waals surface area contributed by atoms with E-state index in [0.717, 1.165) is 5.69 Å². The summed E-state index contributed by atoms with van der Waals surface area (Å²) < 4.78 is 36.1. The van der Waals surface area contributed by atoms with Gasteiger partial charge in [-0.2, -0.15) is 0 Å². The molecular weight excluding hydrogens is 389 g/mol. The lowest BCUT2D eigenvalue weighted by Crippen LogP contribution is -2.13. The summed E-state index contributed by atoms with van der Waals surface area (Å²) in [6.07, 6.45) is 0. The Balaban J connectivity index is 1.38. The molecule has 0 unspecified atom stereocenters. The van der Waals surface area contributed by atoms with Crippen molar-refractivity contribution in [1.29, 1.82) is 0 Å². The van der Waals surface area contributed by atoms with Gasteiger partial charge in [0, 0.05) is 22.2 Å². The molecule has 1 saturated heterocycles. The summed E-state index contributed by atoms with van der Waals surface area (Å²) in [6.45, 7) is 0. The minimum Gasteiger partial charge on any atom is -0.335 e. The minimum atomic E-state index is -2.97. The molecule has 9 heteroatoms. The molecule has 2 aliphatic heterocycles. The summed E-state index contributed by atoms with van der Waals surface area (Å²) in [5.41, 5.74) is 1.75. The Morgan fingerprint density at radius 1 is 1.04 bits per heavy atom. The number of amides is 1. The molecule has 2 aliphatic rings. The number of thioether (sulfide) groups is 1. The van der Waals surface area contributed by atoms with Crippen molar-refractivity contribution in [2.24, 2.45) is 4.99 Å². The van der Waals surface area contributed by atoms with Gasteiger partial charge in [0.15, 0.2) is 15.0 Å². The quantitative estimate of drug-likeness (QED) is 0.820. The number of fused-ring (bicyclic) bond motifs is 1. The van der Waals surface area contributed by atoms with Gasteiger partial charge in [-0.25, -0.2) is 12.8 Å². The molecule has 0 saturated carbocycles. The average molecular weight is 405 g/mol. The van der Waals surface area contributed by atoms with Gasteiger partial charge in [-0.1, -0.05) is 11.8 Å². The number of sulfone groups is 1. The fourth-order valence-electron chi connectivity index (χ4n) is 2.98. The van der Waals surface area contributed by atoms with E-state index in [9.17, 15) is 17.6 Å². The monoisotopic (exact) mass is 405 g/mol. The smallest absolute Gasteiger partial charge is 0.255 e. The maximum absolute atomic E-state index is 12.9. The molecule has 1 fully saturated rings. The largest absolute Gasteiger partial charge is 0.335 e. The first-order valence-electron chi connectivity index (χ1n) is 8.27. The molecule has 2 aromatic carbocycles. The molecule has 0 aromatic heterocycles. The van der Waals surface area contributed by atoms with Crippen LogP contribution in [-0.2, 0) is 9.84 Å². The lowest BCUT2D eigenvalue weighted by Gasteiger charge is -2.08. The number of halogens is 1. The van der Waals surface area contributed by atoms with E-state index in [1.165, 1.54) is 36.0 Å². The molecule has 27 heavy (non-hydrogen) atoms. The maximum Gasteiger partial charge on any atom is 0.255 e. The molecular formula is C18H16FN3O3S2. The third-order valence-electron chi connectivity index (χ3n) is 4.32. The van der Waals surface area contributed by atoms with Gasteiger partial charge in [-0.15, -0.1) is 0 Å². The summed E-state index contributed by atoms with van der Waals surface area (Å²) in [5, 5.41) is 6.55. The van der Waals surface area contributed by atoms with Gasteiger partial charge in [0.25, 0.3) is 5.91 Å². The number of carbonyl (C=O) groups excluding carboxylic acids is 1. The Bertz CT molecular complexity index is 1010. The van der Waals surface area contributed by atoms with Crippen LogP contribution in [0.3, 0.4) is 0 Å². The van der Waals surface area contributed by atoms with Crippen molar-refractivity contribution in [3.8, 4) is 0 Å². The molecule has 140 valence electrons. The number of nitrogens with zero attached hydrogens (tertiary/aromatic N) is 1. The van der Waals surface area contributed by atoms with Crippen LogP contribution in [0.15, 0.2) is 53.5 Å². The number of anilines is 2. The first kappa shape index (κ1) is 18.0. The zero-order chi connectivity index (χ0) is 19.0. The maximum atomic E-state index is 12.9. The molecule has 2 aromatic rings. The molecule has 0 spiro atoms. The fraction of sp³-hybridized carbons (Fsp3) is 0.222. The molecule has 4 rings (SSSR count). The van der Waals surface area contributed by atoms with Crippen LogP contribution >= 0.6 is 11.8 Å². The van der Waals surface area contributed by atoms with Crippen molar-refractivity contribution in [2.75, 3.05) is 22.1 Å². The third-order valence-corrected chi connectivity index (χ3v) is 7.46. The predicted octanol–water partition coefficient (Wildman–Crippen LogP) is 2.76. The van der Waals surface area contributed by atoms with E-state index in [2.05, 4.69) is 15.6 Å². The number of rotatable bonds is 3. The van der Waals surface area contributed by atoms with Crippen LogP contribution in [0.1, 0.15) is 10.4 Å². The topological polar surface area (TPSA) is 87.6 Å². The van der Waals surface area contributed by atoms with Crippen LogP contribution in [0.25, 0.3) is 0 Å². The summed E-state index contributed by atoms with van der Waals surface area (Å²) in [4.78, 5) is 16.7. The Hall–Kier alpha value is -2.39. The summed E-state index contributed by atoms with van der Waals surface area (Å²) in [5.74, 6) is -0.379. The Labute approximate surface area is 160 Å². The number of hydrogen-bond donors (Lipinski definition) is 2. The van der Waals surface area contributed by atoms with Gasteiger partial charge < -0.3 is 10.6 Å². The molecule has 2 atom stereocenters. The molecule has 0 radical (unpaired) electrons. The van der Waals surface area contributed by atoms with Crippen LogP contribution in [0.4, 0.5) is 15.8 Å². The van der Waals surface area contributed by atoms with Crippen molar-refractivity contribution in [2.45, 2.75) is 11.3 Å². The highest BCUT2D eigenvalue weighted by molar-refractivity contribution is 8.15. The average Bonchev–Trinajstić information content (AvgIpc) is 3.10. The third kappa shape index (κ3) is 4.14. The van der Waals surface area contributed by atoms with E-state index < -0.39 is 9.84 Å². The molecule has 1 amide bonds. The molecule has 0 aliphatic carbocycles. The van der Waals surface area contributed by atoms with E-state index in [-0.39, 0.29) is 34.5 Å². The standard InChI is InChI=1S/C18H16FN3O3S2/c19-12-3-7-13(8-4-12)20-17(23)11-1-5-14(6-2-11)21-18-22-15-9-27(24,25)10-16(15)26-18/h1-8,15-16H,9-10H2,(H,20,23)(H,21,22)/t15-,16-/m1/s1. The number of benzene rings is 2. The fourth-order valence-corrected chi connectivity index (χ4v) is 6.66. The Morgan fingerprint density at radius 2 is 1.70 bits per heavy atom. The second-order valence-corrected chi connectivity index (χ2v) is 9.78. The van der Waals surface area contributed by atoms with Gasteiger partial charge in [-0.05, 0) is 48.5 Å². The van der Waals surface area contributed by atoms with E-state index in [4.69, 9.17) is 0 Å². The van der Waals surface area contributed by atoms with E-state index in [1.807, 2.05) is 0 Å². The normalized spacial score (nSPS) is 22.8. The van der Waals surface area contributed by atoms with Crippen molar-refractivity contribution >= 4 is 44.0 Å². The number of aliphatic imine (C=N–C) groups is 1. The van der Waals surface area contributed by atoms with Gasteiger partial charge >= 0.3 is 0 Å². The number of amidine groups is 1. The van der Waals surface area contributed by atoms with Crippen LogP contribution in [-0.4, -0.2) is 42.3 Å². The van der Waals surface area contributed by atoms with E-state index >= 15 is 0 Å². The highest BCUT2D eigenvalue weighted by atomic mass is 32.2. The van der Waals surface area contributed by atoms with Gasteiger partial charge in [0.05, 0.1) is 17.5 Å². The SMILES string of the molecule is O=C(Nc1ccc(F)cc1)c1ccc(NC2=N[C@@H]3CS(=O)(=O)C[C@H]3S2)cc1. The Morgan fingerprint density at radius 3 is 2.37 bits per heavy atom. The molecule has 2 heterocycles. The van der Waals surface area contributed by atoms with Crippen molar-refractivity contribution < 1.29 is 17.6 Å². The number of hydrogen-bond acceptors (Lipinski definition) is 6. The van der Waals surface area contributed by atoms with E-state index in [0.29, 0.717) is 16.4 Å². The second-order valence-electron chi connectivity index (χ2n) is 6.40. The molecule has 2 N–H and O–H groups in total. The lowest BCUT2D eigenvalue weighted by atomic mass is 10.2. The highest BCUT2D eigenvalue weighted by Crippen LogP contribution is 2.34. The van der Waals surface area contributed by atoms with Crippen molar-refractivity contribution in [3.63, 3.8) is 0 Å². The zero-order valence-electron chi connectivity index (χ0n) is 14.1. The molecule has 6 nitrogen and oxygen atoms in total. The van der Waals surface area contributed by atoms with Gasteiger partial charge in [0.2, 0.25) is 0 Å². The first-order chi connectivity index (χ1) is 12.9. The van der Waals surface area contributed by atoms with Crippen LogP contribution in [0, 0.1) is 5.82 Å². The molecule has 0 bridgehead atoms. The summed E-state index contributed by atoms with van der Waals surface area (Å²) in [7, 11) is -2.97. The van der Waals surface area contributed by atoms with Crippen LogP contribution < -0.4 is 10.6 Å². The van der Waals surface area contributed by atoms with Crippen molar-refractivity contribution in [3.05, 3.63) is 59.9 Å². The number of nitrogens with one attached hydrogen (secondary N) is 2. The second kappa shape index (κ2) is 6.97. The lowest BCUT2D eigenvalue weighted by molar-refractivity contribution is 0.102. The summed E-state index contributed by atoms with van der Waals surface area (Å²) in [6, 6.07) is 12.2. The van der Waals surface area contributed by atoms with Gasteiger partial charge in [-0.3, -0.25) is 9.79 Å². The minimum absolute atomic E-state index is 0.0155. The highest BCUT2D eigenvalue weighted by Gasteiger charge is 2.42. The van der Waals surface area contributed by atoms with Crippen molar-refractivity contribution in [1.82, 2.24) is 0 Å². The number of carbonyl (C=O) groups is 1. The zero-order valence-corrected chi connectivity index (χ0v) is 15.7. The Kier molecular flexibility index (Phi) is 4.65. The van der Waals surface area contributed by atoms with Crippen LogP contribution in [0.5, 0.6) is 0 Å². The van der Waals surface area contributed by atoms with Gasteiger partial charge in [0.1, 0.15) is 5.82 Å². The summed E-state index contributed by atoms with van der Waals surface area (Å²) >= 11 is 1.44. The predicted molar refractivity (Wildman–Crippen MR) is 106 cm³/mol. The first-order valence-corrected chi connectivity index (χ1v) is 11.0. The van der Waals surface area contributed by atoms with E-state index in [1.54, 1.807) is 24.3 Å². The van der Waals surface area contributed by atoms with Crippen LogP contribution in [0.2, 0.25) is 0 Å².